The number of aromatic nitrogens is 1. The van der Waals surface area contributed by atoms with E-state index in [0.29, 0.717) is 0 Å². The molecule has 0 atom stereocenters. The number of halogens is 1. The highest BCUT2D eigenvalue weighted by Gasteiger charge is 2.17. The minimum absolute atomic E-state index is 0.0440. The fourth-order valence-electron chi connectivity index (χ4n) is 2.82. The molecular formula is C19H19BrN2O. The molecule has 2 aromatic carbocycles. The van der Waals surface area contributed by atoms with Gasteiger partial charge in [-0.05, 0) is 37.5 Å². The van der Waals surface area contributed by atoms with Gasteiger partial charge in [0, 0.05) is 28.1 Å². The molecule has 0 saturated heterocycles. The Morgan fingerprint density at radius 3 is 2.57 bits per heavy atom. The number of hydrogen-bond acceptors (Lipinski definition) is 1. The average molecular weight is 371 g/mol. The van der Waals surface area contributed by atoms with E-state index in [2.05, 4.69) is 57.4 Å². The molecule has 3 nitrogen and oxygen atoms in total. The number of rotatable bonds is 4. The largest absolute Gasteiger partial charge is 0.358 e. The molecular weight excluding hydrogens is 352 g/mol. The van der Waals surface area contributed by atoms with Crippen molar-refractivity contribution in [3.05, 3.63) is 69.3 Å². The van der Waals surface area contributed by atoms with Gasteiger partial charge in [-0.25, -0.2) is 0 Å². The summed E-state index contributed by atoms with van der Waals surface area (Å²) in [5.41, 5.74) is 5.26. The first-order valence-corrected chi connectivity index (χ1v) is 8.45. The molecule has 0 fully saturated rings. The zero-order valence-electron chi connectivity index (χ0n) is 13.2. The predicted octanol–water partition coefficient (Wildman–Crippen LogP) is 4.38. The molecule has 23 heavy (non-hydrogen) atoms. The Bertz CT molecular complexity index is 850. The number of aryl methyl sites for hydroxylation is 3. The Hall–Kier alpha value is -2.07. The summed E-state index contributed by atoms with van der Waals surface area (Å²) in [6.07, 6.45) is 1.70. The van der Waals surface area contributed by atoms with E-state index in [9.17, 15) is 4.79 Å². The first kappa shape index (κ1) is 15.8. The van der Waals surface area contributed by atoms with Crippen LogP contribution in [0.1, 0.15) is 27.2 Å². The van der Waals surface area contributed by atoms with Gasteiger partial charge >= 0.3 is 0 Å². The second-order valence-electron chi connectivity index (χ2n) is 5.73. The molecule has 0 aliphatic heterocycles. The van der Waals surface area contributed by atoms with Gasteiger partial charge in [-0.2, -0.15) is 0 Å². The number of carbonyl (C=O) groups excluding carboxylic acids is 1. The molecule has 3 aromatic rings. The summed E-state index contributed by atoms with van der Waals surface area (Å²) < 4.78 is 1.000. The van der Waals surface area contributed by atoms with Crippen LogP contribution in [-0.4, -0.2) is 17.9 Å². The average Bonchev–Trinajstić information content (AvgIpc) is 2.91. The number of amides is 1. The van der Waals surface area contributed by atoms with Crippen molar-refractivity contribution in [3.8, 4) is 0 Å². The fraction of sp³-hybridized carbons (Fsp3) is 0.211. The van der Waals surface area contributed by atoms with E-state index in [0.717, 1.165) is 39.5 Å². The number of H-pyrrole nitrogens is 1. The van der Waals surface area contributed by atoms with Crippen molar-refractivity contribution in [1.29, 1.82) is 0 Å². The van der Waals surface area contributed by atoms with Gasteiger partial charge in [0.15, 0.2) is 0 Å². The lowest BCUT2D eigenvalue weighted by Gasteiger charge is -2.05. The van der Waals surface area contributed by atoms with E-state index in [1.54, 1.807) is 7.05 Å². The van der Waals surface area contributed by atoms with Gasteiger partial charge in [0.25, 0.3) is 5.91 Å². The van der Waals surface area contributed by atoms with E-state index in [-0.39, 0.29) is 5.91 Å². The van der Waals surface area contributed by atoms with E-state index in [1.165, 1.54) is 11.1 Å². The molecule has 0 aliphatic carbocycles. The predicted molar refractivity (Wildman–Crippen MR) is 98.0 cm³/mol. The molecule has 3 rings (SSSR count). The molecule has 0 bridgehead atoms. The van der Waals surface area contributed by atoms with Crippen molar-refractivity contribution < 1.29 is 4.79 Å². The lowest BCUT2D eigenvalue weighted by Crippen LogP contribution is -2.19. The van der Waals surface area contributed by atoms with Crippen LogP contribution in [-0.2, 0) is 12.8 Å². The van der Waals surface area contributed by atoms with Crippen molar-refractivity contribution in [2.24, 2.45) is 0 Å². The van der Waals surface area contributed by atoms with Crippen LogP contribution >= 0.6 is 15.9 Å². The second kappa shape index (κ2) is 6.59. The lowest BCUT2D eigenvalue weighted by atomic mass is 10.0. The number of fused-ring (bicyclic) bond motifs is 1. The van der Waals surface area contributed by atoms with Crippen molar-refractivity contribution in [2.75, 3.05) is 7.05 Å². The summed E-state index contributed by atoms with van der Waals surface area (Å²) in [6, 6.07) is 14.5. The highest BCUT2D eigenvalue weighted by atomic mass is 79.9. The number of carbonyl (C=O) groups is 1. The Kier molecular flexibility index (Phi) is 4.53. The molecule has 4 heteroatoms. The molecule has 0 saturated carbocycles. The van der Waals surface area contributed by atoms with Crippen LogP contribution < -0.4 is 5.32 Å². The maximum absolute atomic E-state index is 12.3. The SMILES string of the molecule is CNC(=O)c1c(CCc2ccc(C)cc2)[nH]c2cc(Br)ccc12. The van der Waals surface area contributed by atoms with E-state index in [4.69, 9.17) is 0 Å². The van der Waals surface area contributed by atoms with Crippen LogP contribution in [0.3, 0.4) is 0 Å². The number of hydrogen-bond donors (Lipinski definition) is 2. The summed E-state index contributed by atoms with van der Waals surface area (Å²) in [6.45, 7) is 2.09. The number of benzene rings is 2. The zero-order valence-corrected chi connectivity index (χ0v) is 14.8. The summed E-state index contributed by atoms with van der Waals surface area (Å²) in [4.78, 5) is 15.7. The lowest BCUT2D eigenvalue weighted by molar-refractivity contribution is 0.0964. The Morgan fingerprint density at radius 1 is 1.13 bits per heavy atom. The first-order valence-electron chi connectivity index (χ1n) is 7.66. The van der Waals surface area contributed by atoms with Crippen molar-refractivity contribution in [1.82, 2.24) is 10.3 Å². The van der Waals surface area contributed by atoms with Crippen molar-refractivity contribution in [3.63, 3.8) is 0 Å². The summed E-state index contributed by atoms with van der Waals surface area (Å²) >= 11 is 3.48. The monoisotopic (exact) mass is 370 g/mol. The van der Waals surface area contributed by atoms with Gasteiger partial charge in [0.05, 0.1) is 5.56 Å². The molecule has 0 aliphatic rings. The third-order valence-corrected chi connectivity index (χ3v) is 4.57. The molecule has 1 amide bonds. The van der Waals surface area contributed by atoms with Gasteiger partial charge in [-0.3, -0.25) is 4.79 Å². The summed E-state index contributed by atoms with van der Waals surface area (Å²) in [7, 11) is 1.67. The molecule has 2 N–H and O–H groups in total. The van der Waals surface area contributed by atoms with Crippen LogP contribution in [0.15, 0.2) is 46.9 Å². The van der Waals surface area contributed by atoms with E-state index < -0.39 is 0 Å². The molecule has 0 unspecified atom stereocenters. The maximum Gasteiger partial charge on any atom is 0.253 e. The van der Waals surface area contributed by atoms with Crippen LogP contribution in [0.2, 0.25) is 0 Å². The second-order valence-corrected chi connectivity index (χ2v) is 6.65. The van der Waals surface area contributed by atoms with Crippen molar-refractivity contribution in [2.45, 2.75) is 19.8 Å². The minimum Gasteiger partial charge on any atom is -0.358 e. The van der Waals surface area contributed by atoms with Gasteiger partial charge in [0.2, 0.25) is 0 Å². The Labute approximate surface area is 144 Å². The van der Waals surface area contributed by atoms with E-state index >= 15 is 0 Å². The van der Waals surface area contributed by atoms with E-state index in [1.807, 2.05) is 18.2 Å². The summed E-state index contributed by atoms with van der Waals surface area (Å²) in [5, 5.41) is 3.71. The normalized spacial score (nSPS) is 10.9. The molecule has 1 aromatic heterocycles. The van der Waals surface area contributed by atoms with Crippen LogP contribution in [0, 0.1) is 6.92 Å². The van der Waals surface area contributed by atoms with Crippen LogP contribution in [0.5, 0.6) is 0 Å². The number of aromatic amines is 1. The van der Waals surface area contributed by atoms with Gasteiger partial charge in [-0.15, -0.1) is 0 Å². The van der Waals surface area contributed by atoms with Gasteiger partial charge in [0.1, 0.15) is 0 Å². The highest BCUT2D eigenvalue weighted by molar-refractivity contribution is 9.10. The topological polar surface area (TPSA) is 44.9 Å². The highest BCUT2D eigenvalue weighted by Crippen LogP contribution is 2.26. The third kappa shape index (κ3) is 3.32. The Morgan fingerprint density at radius 2 is 1.87 bits per heavy atom. The zero-order chi connectivity index (χ0) is 16.4. The minimum atomic E-state index is -0.0440. The molecule has 0 radical (unpaired) electrons. The maximum atomic E-state index is 12.3. The van der Waals surface area contributed by atoms with Gasteiger partial charge in [-0.1, -0.05) is 51.8 Å². The fourth-order valence-corrected chi connectivity index (χ4v) is 3.18. The summed E-state index contributed by atoms with van der Waals surface area (Å²) in [5.74, 6) is -0.0440. The quantitative estimate of drug-likeness (QED) is 0.702. The molecule has 0 spiro atoms. The van der Waals surface area contributed by atoms with Crippen molar-refractivity contribution >= 4 is 32.7 Å². The third-order valence-electron chi connectivity index (χ3n) is 4.08. The van der Waals surface area contributed by atoms with Crippen LogP contribution in [0.25, 0.3) is 10.9 Å². The molecule has 1 heterocycles. The standard InChI is InChI=1S/C19H19BrN2O/c1-12-3-5-13(6-4-12)7-10-16-18(19(23)21-2)15-9-8-14(20)11-17(15)22-16/h3-6,8-9,11,22H,7,10H2,1-2H3,(H,21,23). The van der Waals surface area contributed by atoms with Crippen LogP contribution in [0.4, 0.5) is 0 Å². The first-order chi connectivity index (χ1) is 11.1. The number of nitrogens with one attached hydrogen (secondary N) is 2. The Balaban J connectivity index is 1.95. The molecule has 118 valence electrons. The van der Waals surface area contributed by atoms with Gasteiger partial charge < -0.3 is 10.3 Å². The smallest absolute Gasteiger partial charge is 0.253 e.